The number of amides is 2. The molecule has 0 bridgehead atoms. The van der Waals surface area contributed by atoms with E-state index in [4.69, 9.17) is 0 Å². The Morgan fingerprint density at radius 3 is 2.86 bits per heavy atom. The van der Waals surface area contributed by atoms with Crippen molar-refractivity contribution in [3.05, 3.63) is 34.8 Å². The van der Waals surface area contributed by atoms with E-state index in [-0.39, 0.29) is 24.2 Å². The first-order valence-electron chi connectivity index (χ1n) is 7.07. The Labute approximate surface area is 132 Å². The van der Waals surface area contributed by atoms with Crippen molar-refractivity contribution in [2.45, 2.75) is 32.1 Å². The van der Waals surface area contributed by atoms with Gasteiger partial charge in [0.2, 0.25) is 16.9 Å². The molecule has 6 nitrogen and oxygen atoms in total. The van der Waals surface area contributed by atoms with E-state index in [1.54, 1.807) is 6.07 Å². The second-order valence-corrected chi connectivity index (χ2v) is 6.49. The lowest BCUT2D eigenvalue weighted by atomic mass is 9.90. The Morgan fingerprint density at radius 2 is 2.14 bits per heavy atom. The fourth-order valence-electron chi connectivity index (χ4n) is 2.36. The lowest BCUT2D eigenvalue weighted by Gasteiger charge is -2.24. The van der Waals surface area contributed by atoms with Crippen LogP contribution in [0.5, 0.6) is 0 Å². The van der Waals surface area contributed by atoms with Crippen LogP contribution in [0.4, 0.5) is 10.8 Å². The zero-order valence-corrected chi connectivity index (χ0v) is 13.1. The molecule has 2 aromatic rings. The van der Waals surface area contributed by atoms with Gasteiger partial charge in [0, 0.05) is 18.0 Å². The van der Waals surface area contributed by atoms with E-state index in [1.165, 1.54) is 11.3 Å². The number of benzene rings is 1. The van der Waals surface area contributed by atoms with E-state index in [9.17, 15) is 9.59 Å². The second kappa shape index (κ2) is 5.84. The number of rotatable bonds is 3. The molecule has 0 aliphatic carbocycles. The van der Waals surface area contributed by atoms with E-state index in [1.807, 2.05) is 32.0 Å². The van der Waals surface area contributed by atoms with Crippen LogP contribution in [0.25, 0.3) is 0 Å². The summed E-state index contributed by atoms with van der Waals surface area (Å²) in [4.78, 5) is 24.3. The Kier molecular flexibility index (Phi) is 3.89. The van der Waals surface area contributed by atoms with E-state index in [0.29, 0.717) is 10.8 Å². The average molecular weight is 316 g/mol. The van der Waals surface area contributed by atoms with Gasteiger partial charge in [0.25, 0.3) is 0 Å². The van der Waals surface area contributed by atoms with Crippen molar-refractivity contribution in [3.63, 3.8) is 0 Å². The maximum atomic E-state index is 12.5. The summed E-state index contributed by atoms with van der Waals surface area (Å²) < 4.78 is 0. The standard InChI is InChI=1S/C15H16N4O2S/c1-8(2)14-18-19-15(22-14)17-13(21)10-7-12(20)16-11-6-4-3-5-9(10)11/h3-6,8,10H,7H2,1-2H3,(H,16,20)(H,17,19,21)/t10-/m1/s1. The quantitative estimate of drug-likeness (QED) is 0.912. The number of nitrogens with one attached hydrogen (secondary N) is 2. The predicted octanol–water partition coefficient (Wildman–Crippen LogP) is 2.73. The molecule has 1 aliphatic rings. The van der Waals surface area contributed by atoms with Gasteiger partial charge < -0.3 is 5.32 Å². The average Bonchev–Trinajstić information content (AvgIpc) is 2.95. The Hall–Kier alpha value is -2.28. The van der Waals surface area contributed by atoms with Crippen molar-refractivity contribution >= 4 is 34.0 Å². The summed E-state index contributed by atoms with van der Waals surface area (Å²) in [6.45, 7) is 4.04. The smallest absolute Gasteiger partial charge is 0.234 e. The molecule has 0 radical (unpaired) electrons. The van der Waals surface area contributed by atoms with E-state index in [2.05, 4.69) is 20.8 Å². The second-order valence-electron chi connectivity index (χ2n) is 5.48. The fraction of sp³-hybridized carbons (Fsp3) is 0.333. The molecule has 0 saturated carbocycles. The molecular formula is C15H16N4O2S. The summed E-state index contributed by atoms with van der Waals surface area (Å²) in [7, 11) is 0. The van der Waals surface area contributed by atoms with Crippen LogP contribution in [0.1, 0.15) is 42.7 Å². The van der Waals surface area contributed by atoms with Gasteiger partial charge in [-0.15, -0.1) is 10.2 Å². The number of carbonyl (C=O) groups excluding carboxylic acids is 2. The molecule has 1 atom stereocenters. The number of carbonyl (C=O) groups is 2. The fourth-order valence-corrected chi connectivity index (χ4v) is 3.10. The minimum Gasteiger partial charge on any atom is -0.326 e. The molecule has 1 aromatic carbocycles. The summed E-state index contributed by atoms with van der Waals surface area (Å²) in [5.74, 6) is -0.617. The van der Waals surface area contributed by atoms with Gasteiger partial charge in [-0.2, -0.15) is 0 Å². The van der Waals surface area contributed by atoms with Crippen LogP contribution in [0.2, 0.25) is 0 Å². The van der Waals surface area contributed by atoms with Crippen LogP contribution in [0.15, 0.2) is 24.3 Å². The number of hydrogen-bond donors (Lipinski definition) is 2. The van der Waals surface area contributed by atoms with Crippen molar-refractivity contribution in [1.29, 1.82) is 0 Å². The minimum atomic E-state index is -0.503. The first-order valence-corrected chi connectivity index (χ1v) is 7.89. The number of anilines is 2. The van der Waals surface area contributed by atoms with Crippen molar-refractivity contribution in [2.24, 2.45) is 0 Å². The summed E-state index contributed by atoms with van der Waals surface area (Å²) >= 11 is 1.36. The van der Waals surface area contributed by atoms with Crippen molar-refractivity contribution in [2.75, 3.05) is 10.6 Å². The van der Waals surface area contributed by atoms with Crippen LogP contribution in [-0.4, -0.2) is 22.0 Å². The first-order chi connectivity index (χ1) is 10.5. The van der Waals surface area contributed by atoms with Crippen molar-refractivity contribution in [3.8, 4) is 0 Å². The molecule has 2 amide bonds. The highest BCUT2D eigenvalue weighted by atomic mass is 32.1. The van der Waals surface area contributed by atoms with Gasteiger partial charge in [0.05, 0.1) is 5.92 Å². The number of aromatic nitrogens is 2. The van der Waals surface area contributed by atoms with Crippen LogP contribution in [-0.2, 0) is 9.59 Å². The van der Waals surface area contributed by atoms with Gasteiger partial charge in [-0.1, -0.05) is 43.4 Å². The number of nitrogens with zero attached hydrogens (tertiary/aromatic N) is 2. The molecule has 0 saturated heterocycles. The van der Waals surface area contributed by atoms with Crippen molar-refractivity contribution in [1.82, 2.24) is 10.2 Å². The van der Waals surface area contributed by atoms with Gasteiger partial charge in [-0.05, 0) is 11.6 Å². The highest BCUT2D eigenvalue weighted by Gasteiger charge is 2.30. The summed E-state index contributed by atoms with van der Waals surface area (Å²) in [6.07, 6.45) is 0.138. The maximum absolute atomic E-state index is 12.5. The molecule has 0 unspecified atom stereocenters. The lowest BCUT2D eigenvalue weighted by Crippen LogP contribution is -2.30. The van der Waals surface area contributed by atoms with Crippen LogP contribution < -0.4 is 10.6 Å². The molecule has 114 valence electrons. The Bertz CT molecular complexity index is 726. The van der Waals surface area contributed by atoms with E-state index < -0.39 is 5.92 Å². The SMILES string of the molecule is CC(C)c1nnc(NC(=O)[C@@H]2CC(=O)Nc3ccccc32)s1. The zero-order chi connectivity index (χ0) is 15.7. The van der Waals surface area contributed by atoms with Gasteiger partial charge in [-0.3, -0.25) is 14.9 Å². The van der Waals surface area contributed by atoms with Crippen LogP contribution in [0.3, 0.4) is 0 Å². The van der Waals surface area contributed by atoms with Gasteiger partial charge in [0.1, 0.15) is 5.01 Å². The molecule has 0 spiro atoms. The number of hydrogen-bond acceptors (Lipinski definition) is 5. The predicted molar refractivity (Wildman–Crippen MR) is 85.1 cm³/mol. The van der Waals surface area contributed by atoms with Gasteiger partial charge in [-0.25, -0.2) is 0 Å². The normalized spacial score (nSPS) is 17.0. The van der Waals surface area contributed by atoms with E-state index in [0.717, 1.165) is 10.6 Å². The summed E-state index contributed by atoms with van der Waals surface area (Å²) in [6, 6.07) is 7.35. The molecular weight excluding hydrogens is 300 g/mol. The number of fused-ring (bicyclic) bond motifs is 1. The third kappa shape index (κ3) is 2.85. The molecule has 2 heterocycles. The topological polar surface area (TPSA) is 84.0 Å². The zero-order valence-electron chi connectivity index (χ0n) is 12.3. The largest absolute Gasteiger partial charge is 0.326 e. The lowest BCUT2D eigenvalue weighted by molar-refractivity contribution is -0.123. The van der Waals surface area contributed by atoms with Crippen LogP contribution >= 0.6 is 11.3 Å². The molecule has 3 rings (SSSR count). The molecule has 1 aliphatic heterocycles. The molecule has 1 aromatic heterocycles. The molecule has 0 fully saturated rings. The number of para-hydroxylation sites is 1. The molecule has 2 N–H and O–H groups in total. The van der Waals surface area contributed by atoms with Crippen molar-refractivity contribution < 1.29 is 9.59 Å². The summed E-state index contributed by atoms with van der Waals surface area (Å²) in [5, 5.41) is 14.9. The maximum Gasteiger partial charge on any atom is 0.234 e. The first kappa shape index (κ1) is 14.6. The highest BCUT2D eigenvalue weighted by molar-refractivity contribution is 7.15. The van der Waals surface area contributed by atoms with Gasteiger partial charge in [0.15, 0.2) is 0 Å². The highest BCUT2D eigenvalue weighted by Crippen LogP contribution is 2.33. The molecule has 7 heteroatoms. The Morgan fingerprint density at radius 1 is 1.36 bits per heavy atom. The summed E-state index contributed by atoms with van der Waals surface area (Å²) in [5.41, 5.74) is 1.52. The minimum absolute atomic E-state index is 0.138. The van der Waals surface area contributed by atoms with E-state index >= 15 is 0 Å². The third-order valence-electron chi connectivity index (χ3n) is 3.48. The van der Waals surface area contributed by atoms with Crippen LogP contribution in [0, 0.1) is 0 Å². The van der Waals surface area contributed by atoms with Gasteiger partial charge >= 0.3 is 0 Å². The monoisotopic (exact) mass is 316 g/mol. The Balaban J connectivity index is 1.81. The molecule has 22 heavy (non-hydrogen) atoms. The third-order valence-corrected chi connectivity index (χ3v) is 4.62.